The van der Waals surface area contributed by atoms with Crippen LogP contribution < -0.4 is 0 Å². The third-order valence-electron chi connectivity index (χ3n) is 3.63. The van der Waals surface area contributed by atoms with Crippen molar-refractivity contribution in [3.05, 3.63) is 59.7 Å². The van der Waals surface area contributed by atoms with Crippen molar-refractivity contribution in [2.24, 2.45) is 4.99 Å². The molecule has 0 aromatic heterocycles. The predicted molar refractivity (Wildman–Crippen MR) is 78.4 cm³/mol. The van der Waals surface area contributed by atoms with Crippen LogP contribution in [0, 0.1) is 0 Å². The normalized spacial score (nSPS) is 14.0. The summed E-state index contributed by atoms with van der Waals surface area (Å²) in [5.41, 5.74) is 1.14. The Balaban J connectivity index is 2.09. The molecule has 1 aliphatic rings. The van der Waals surface area contributed by atoms with Crippen LogP contribution >= 0.6 is 0 Å². The van der Waals surface area contributed by atoms with Gasteiger partial charge in [0.05, 0.1) is 0 Å². The maximum Gasteiger partial charge on any atom is 0.318 e. The predicted octanol–water partition coefficient (Wildman–Crippen LogP) is 3.13. The van der Waals surface area contributed by atoms with E-state index in [4.69, 9.17) is 0 Å². The zero-order valence-corrected chi connectivity index (χ0v) is 10.5. The maximum absolute atomic E-state index is 11.9. The minimum absolute atomic E-state index is 0.438. The number of Topliss-reactive ketones (excluding diaryl/α,β-unsaturated/α-hetero) is 1. The fourth-order valence-electron chi connectivity index (χ4n) is 2.62. The number of amides is 1. The second-order valence-electron chi connectivity index (χ2n) is 4.88. The lowest BCUT2D eigenvalue weighted by atomic mass is 9.95. The number of benzene rings is 3. The van der Waals surface area contributed by atoms with Crippen molar-refractivity contribution in [1.29, 1.82) is 0 Å². The van der Waals surface area contributed by atoms with E-state index in [2.05, 4.69) is 17.1 Å². The molecule has 3 aromatic carbocycles. The smallest absolute Gasteiger partial charge is 0.283 e. The topological polar surface area (TPSA) is 46.5 Å². The van der Waals surface area contributed by atoms with E-state index in [0.29, 0.717) is 11.1 Å². The highest BCUT2D eigenvalue weighted by Crippen LogP contribution is 2.26. The first-order valence-corrected chi connectivity index (χ1v) is 6.32. The monoisotopic (exact) mass is 259 g/mol. The first-order chi connectivity index (χ1) is 9.72. The van der Waals surface area contributed by atoms with E-state index in [1.165, 1.54) is 6.21 Å². The Labute approximate surface area is 114 Å². The van der Waals surface area contributed by atoms with E-state index in [1.54, 1.807) is 6.07 Å². The van der Waals surface area contributed by atoms with Crippen molar-refractivity contribution in [2.75, 3.05) is 0 Å². The third kappa shape index (κ3) is 1.50. The Morgan fingerprint density at radius 3 is 2.10 bits per heavy atom. The van der Waals surface area contributed by atoms with Crippen LogP contribution in [0.15, 0.2) is 53.5 Å². The highest BCUT2D eigenvalue weighted by atomic mass is 16.2. The molecule has 0 unspecified atom stereocenters. The van der Waals surface area contributed by atoms with Crippen molar-refractivity contribution in [3.8, 4) is 0 Å². The van der Waals surface area contributed by atoms with Gasteiger partial charge in [-0.05, 0) is 45.8 Å². The van der Waals surface area contributed by atoms with E-state index < -0.39 is 11.7 Å². The van der Waals surface area contributed by atoms with Gasteiger partial charge in [0.2, 0.25) is 0 Å². The summed E-state index contributed by atoms with van der Waals surface area (Å²) in [7, 11) is 0. The number of hydrogen-bond acceptors (Lipinski definition) is 2. The molecule has 1 heterocycles. The van der Waals surface area contributed by atoms with Crippen molar-refractivity contribution >= 4 is 39.4 Å². The number of ketones is 1. The van der Waals surface area contributed by atoms with E-state index >= 15 is 0 Å². The molecule has 20 heavy (non-hydrogen) atoms. The van der Waals surface area contributed by atoms with Gasteiger partial charge < -0.3 is 0 Å². The van der Waals surface area contributed by atoms with E-state index in [0.717, 1.165) is 21.5 Å². The Hall–Kier alpha value is -2.81. The van der Waals surface area contributed by atoms with Gasteiger partial charge in [-0.25, -0.2) is 4.99 Å². The molecule has 0 aliphatic carbocycles. The molecule has 3 nitrogen and oxygen atoms in total. The number of hydrogen-bond donors (Lipinski definition) is 0. The van der Waals surface area contributed by atoms with Crippen molar-refractivity contribution in [1.82, 2.24) is 0 Å². The van der Waals surface area contributed by atoms with Gasteiger partial charge in [-0.1, -0.05) is 24.3 Å². The molecule has 0 saturated carbocycles. The lowest BCUT2D eigenvalue weighted by molar-refractivity contribution is -0.113. The van der Waals surface area contributed by atoms with Gasteiger partial charge >= 0.3 is 5.91 Å². The summed E-state index contributed by atoms with van der Waals surface area (Å²) >= 11 is 0. The third-order valence-corrected chi connectivity index (χ3v) is 3.63. The molecule has 0 spiro atoms. The summed E-state index contributed by atoms with van der Waals surface area (Å²) in [5.74, 6) is -1.23. The minimum Gasteiger partial charge on any atom is -0.283 e. The zero-order valence-electron chi connectivity index (χ0n) is 10.5. The average Bonchev–Trinajstić information content (AvgIpc) is 2.47. The zero-order chi connectivity index (χ0) is 13.7. The summed E-state index contributed by atoms with van der Waals surface area (Å²) in [6.45, 7) is 0. The summed E-state index contributed by atoms with van der Waals surface area (Å²) in [4.78, 5) is 26.8. The summed E-state index contributed by atoms with van der Waals surface area (Å²) in [5, 5.41) is 4.26. The molecule has 0 bridgehead atoms. The van der Waals surface area contributed by atoms with Gasteiger partial charge in [-0.15, -0.1) is 0 Å². The van der Waals surface area contributed by atoms with Crippen molar-refractivity contribution in [2.45, 2.75) is 0 Å². The van der Waals surface area contributed by atoms with E-state index in [9.17, 15) is 9.59 Å². The fraction of sp³-hybridized carbons (Fsp3) is 0. The van der Waals surface area contributed by atoms with Crippen LogP contribution in [0.5, 0.6) is 0 Å². The lowest BCUT2D eigenvalue weighted by Crippen LogP contribution is -2.18. The molecule has 0 fully saturated rings. The Bertz CT molecular complexity index is 938. The first kappa shape index (κ1) is 11.1. The maximum atomic E-state index is 11.9. The van der Waals surface area contributed by atoms with Gasteiger partial charge in [-0.2, -0.15) is 0 Å². The van der Waals surface area contributed by atoms with Crippen molar-refractivity contribution < 1.29 is 9.59 Å². The molecule has 3 aromatic rings. The number of carbonyl (C=O) groups is 2. The second-order valence-corrected chi connectivity index (χ2v) is 4.88. The number of carbonyl (C=O) groups excluding carboxylic acids is 2. The molecular formula is C17H9NO2. The Morgan fingerprint density at radius 2 is 1.40 bits per heavy atom. The van der Waals surface area contributed by atoms with Gasteiger partial charge in [0.25, 0.3) is 5.78 Å². The molecule has 1 aliphatic heterocycles. The minimum atomic E-state index is -0.697. The summed E-state index contributed by atoms with van der Waals surface area (Å²) < 4.78 is 0. The molecule has 0 saturated heterocycles. The molecule has 94 valence electrons. The van der Waals surface area contributed by atoms with Crippen LogP contribution in [0.25, 0.3) is 21.5 Å². The van der Waals surface area contributed by atoms with Crippen LogP contribution in [0.1, 0.15) is 15.9 Å². The van der Waals surface area contributed by atoms with Gasteiger partial charge in [0.1, 0.15) is 0 Å². The number of rotatable bonds is 0. The molecule has 4 rings (SSSR count). The average molecular weight is 259 g/mol. The first-order valence-electron chi connectivity index (χ1n) is 6.32. The molecule has 0 atom stereocenters. The number of fused-ring (bicyclic) bond motifs is 3. The SMILES string of the molecule is O=C1N=Cc2cc3cc4ccccc4cc3cc2C1=O. The summed E-state index contributed by atoms with van der Waals surface area (Å²) in [6, 6.07) is 15.9. The summed E-state index contributed by atoms with van der Waals surface area (Å²) in [6.07, 6.45) is 1.47. The van der Waals surface area contributed by atoms with Crippen LogP contribution in [-0.2, 0) is 4.79 Å². The Kier molecular flexibility index (Phi) is 2.12. The van der Waals surface area contributed by atoms with E-state index in [1.807, 2.05) is 30.3 Å². The lowest BCUT2D eigenvalue weighted by Gasteiger charge is -2.10. The largest absolute Gasteiger partial charge is 0.318 e. The van der Waals surface area contributed by atoms with Crippen LogP contribution in [0.4, 0.5) is 0 Å². The highest BCUT2D eigenvalue weighted by Gasteiger charge is 2.22. The molecule has 3 heteroatoms. The molecule has 0 N–H and O–H groups in total. The van der Waals surface area contributed by atoms with Crippen LogP contribution in [0.3, 0.4) is 0 Å². The van der Waals surface area contributed by atoms with Crippen molar-refractivity contribution in [3.63, 3.8) is 0 Å². The number of nitrogens with zero attached hydrogens (tertiary/aromatic N) is 1. The van der Waals surface area contributed by atoms with Crippen LogP contribution in [0.2, 0.25) is 0 Å². The second kappa shape index (κ2) is 3.84. The standard InChI is InChI=1S/C17H9NO2/c19-16-15-8-13-6-11-4-2-1-3-10(11)5-12(13)7-14(15)9-18-17(16)20/h1-9H. The molecular weight excluding hydrogens is 250 g/mol. The van der Waals surface area contributed by atoms with Gasteiger partial charge in [-0.3, -0.25) is 9.59 Å². The number of aliphatic imine (C=N–C) groups is 1. The van der Waals surface area contributed by atoms with Gasteiger partial charge in [0.15, 0.2) is 0 Å². The quantitative estimate of drug-likeness (QED) is 0.460. The Morgan fingerprint density at radius 1 is 0.750 bits per heavy atom. The van der Waals surface area contributed by atoms with Crippen LogP contribution in [-0.4, -0.2) is 17.9 Å². The molecule has 1 amide bonds. The molecule has 0 radical (unpaired) electrons. The highest BCUT2D eigenvalue weighted by molar-refractivity contribution is 6.47. The van der Waals surface area contributed by atoms with Gasteiger partial charge in [0, 0.05) is 17.3 Å². The van der Waals surface area contributed by atoms with E-state index in [-0.39, 0.29) is 0 Å². The fourth-order valence-corrected chi connectivity index (χ4v) is 2.62.